The van der Waals surface area contributed by atoms with Crippen LogP contribution in [0.5, 0.6) is 0 Å². The molecule has 1 heterocycles. The Morgan fingerprint density at radius 3 is 2.45 bits per heavy atom. The zero-order chi connectivity index (χ0) is 14.1. The molecule has 1 aromatic carbocycles. The smallest absolute Gasteiger partial charge is 0.0991 e. The van der Waals surface area contributed by atoms with Gasteiger partial charge in [-0.2, -0.15) is 0 Å². The van der Waals surface area contributed by atoms with E-state index in [4.69, 9.17) is 0 Å². The largest absolute Gasteiger partial charge is 0.306 e. The van der Waals surface area contributed by atoms with Gasteiger partial charge in [0, 0.05) is 12.4 Å². The van der Waals surface area contributed by atoms with Crippen LogP contribution in [0.4, 0.5) is 0 Å². The highest BCUT2D eigenvalue weighted by molar-refractivity contribution is 5.55. The Hall–Kier alpha value is -1.57. The summed E-state index contributed by atoms with van der Waals surface area (Å²) in [7, 11) is 0. The van der Waals surface area contributed by atoms with Gasteiger partial charge in [-0.1, -0.05) is 25.3 Å². The summed E-state index contributed by atoms with van der Waals surface area (Å²) in [6.07, 6.45) is 12.7. The van der Waals surface area contributed by atoms with Crippen LogP contribution in [0, 0.1) is 20.8 Å². The van der Waals surface area contributed by atoms with Crippen LogP contribution in [0.1, 0.15) is 60.3 Å². The van der Waals surface area contributed by atoms with Crippen molar-refractivity contribution in [3.8, 4) is 5.69 Å². The summed E-state index contributed by atoms with van der Waals surface area (Å²) in [6.45, 7) is 6.78. The summed E-state index contributed by atoms with van der Waals surface area (Å²) in [5, 5.41) is 0. The van der Waals surface area contributed by atoms with Gasteiger partial charge in [0.1, 0.15) is 0 Å². The lowest BCUT2D eigenvalue weighted by Crippen LogP contribution is -2.11. The Morgan fingerprint density at radius 1 is 1.05 bits per heavy atom. The molecule has 0 amide bonds. The molecule has 1 aliphatic rings. The molecule has 0 saturated heterocycles. The summed E-state index contributed by atoms with van der Waals surface area (Å²) in [6, 6.07) is 2.35. The van der Waals surface area contributed by atoms with E-state index in [2.05, 4.69) is 42.6 Å². The molecular formula is C18H24N2. The van der Waals surface area contributed by atoms with Gasteiger partial charge < -0.3 is 4.57 Å². The summed E-state index contributed by atoms with van der Waals surface area (Å²) in [5.41, 5.74) is 7.19. The number of aryl methyl sites for hydroxylation is 2. The third kappa shape index (κ3) is 2.28. The summed E-state index contributed by atoms with van der Waals surface area (Å²) in [5.74, 6) is 0.756. The molecule has 1 saturated carbocycles. The molecule has 0 aliphatic heterocycles. The van der Waals surface area contributed by atoms with E-state index in [0.717, 1.165) is 5.92 Å². The van der Waals surface area contributed by atoms with Crippen molar-refractivity contribution in [1.82, 2.24) is 9.55 Å². The van der Waals surface area contributed by atoms with E-state index in [1.165, 1.54) is 54.5 Å². The Morgan fingerprint density at radius 2 is 1.80 bits per heavy atom. The number of hydrogen-bond donors (Lipinski definition) is 0. The Balaban J connectivity index is 2.12. The second-order valence-corrected chi connectivity index (χ2v) is 6.20. The van der Waals surface area contributed by atoms with Gasteiger partial charge in [0.15, 0.2) is 0 Å². The predicted octanol–water partition coefficient (Wildman–Crippen LogP) is 4.85. The lowest BCUT2D eigenvalue weighted by molar-refractivity contribution is 0.441. The molecule has 1 fully saturated rings. The number of rotatable bonds is 2. The van der Waals surface area contributed by atoms with Gasteiger partial charge in [-0.15, -0.1) is 0 Å². The van der Waals surface area contributed by atoms with E-state index < -0.39 is 0 Å². The van der Waals surface area contributed by atoms with Gasteiger partial charge in [0.25, 0.3) is 0 Å². The molecule has 20 heavy (non-hydrogen) atoms. The third-order valence-electron chi connectivity index (χ3n) is 4.77. The quantitative estimate of drug-likeness (QED) is 0.761. The van der Waals surface area contributed by atoms with Crippen molar-refractivity contribution in [3.05, 3.63) is 47.0 Å². The fraction of sp³-hybridized carbons (Fsp3) is 0.500. The SMILES string of the molecule is Cc1cc(C)c(-n2ccnc2)c(C)c1C1CCCCC1. The maximum atomic E-state index is 4.21. The van der Waals surface area contributed by atoms with Crippen LogP contribution in [0.3, 0.4) is 0 Å². The molecule has 2 heteroatoms. The Bertz CT molecular complexity index is 590. The Labute approximate surface area is 121 Å². The minimum absolute atomic E-state index is 0.756. The fourth-order valence-corrected chi connectivity index (χ4v) is 4.00. The zero-order valence-corrected chi connectivity index (χ0v) is 12.8. The van der Waals surface area contributed by atoms with E-state index in [1.807, 2.05) is 12.5 Å². The van der Waals surface area contributed by atoms with Crippen LogP contribution in [0.15, 0.2) is 24.8 Å². The average Bonchev–Trinajstić information content (AvgIpc) is 2.93. The normalized spacial score (nSPS) is 16.6. The van der Waals surface area contributed by atoms with Crippen molar-refractivity contribution in [2.24, 2.45) is 0 Å². The van der Waals surface area contributed by atoms with E-state index in [1.54, 1.807) is 5.56 Å². The summed E-state index contributed by atoms with van der Waals surface area (Å²) >= 11 is 0. The number of imidazole rings is 1. The van der Waals surface area contributed by atoms with Crippen LogP contribution in [0.25, 0.3) is 5.69 Å². The van der Waals surface area contributed by atoms with Gasteiger partial charge in [0.05, 0.1) is 12.0 Å². The van der Waals surface area contributed by atoms with E-state index in [9.17, 15) is 0 Å². The molecule has 0 spiro atoms. The van der Waals surface area contributed by atoms with Crippen molar-refractivity contribution in [2.75, 3.05) is 0 Å². The molecule has 0 bridgehead atoms. The molecule has 0 atom stereocenters. The number of benzene rings is 1. The van der Waals surface area contributed by atoms with Crippen LogP contribution < -0.4 is 0 Å². The second-order valence-electron chi connectivity index (χ2n) is 6.20. The van der Waals surface area contributed by atoms with Crippen LogP contribution in [-0.2, 0) is 0 Å². The minimum Gasteiger partial charge on any atom is -0.306 e. The first-order chi connectivity index (χ1) is 9.68. The van der Waals surface area contributed by atoms with Crippen LogP contribution in [0.2, 0.25) is 0 Å². The highest BCUT2D eigenvalue weighted by atomic mass is 15.0. The van der Waals surface area contributed by atoms with Crippen molar-refractivity contribution in [3.63, 3.8) is 0 Å². The standard InChI is InChI=1S/C18H24N2/c1-13-11-14(2)18(20-10-9-19-12-20)15(3)17(13)16-7-5-4-6-8-16/h9-12,16H,4-8H2,1-3H3. The zero-order valence-electron chi connectivity index (χ0n) is 12.8. The first-order valence-corrected chi connectivity index (χ1v) is 7.77. The number of hydrogen-bond acceptors (Lipinski definition) is 1. The molecule has 2 aromatic rings. The highest BCUT2D eigenvalue weighted by Gasteiger charge is 2.22. The maximum Gasteiger partial charge on any atom is 0.0991 e. The first kappa shape index (κ1) is 13.4. The predicted molar refractivity (Wildman–Crippen MR) is 83.6 cm³/mol. The lowest BCUT2D eigenvalue weighted by atomic mass is 9.79. The molecule has 1 aliphatic carbocycles. The second kappa shape index (κ2) is 5.43. The van der Waals surface area contributed by atoms with E-state index >= 15 is 0 Å². The topological polar surface area (TPSA) is 17.8 Å². The molecule has 106 valence electrons. The van der Waals surface area contributed by atoms with E-state index in [-0.39, 0.29) is 0 Å². The lowest BCUT2D eigenvalue weighted by Gasteiger charge is -2.27. The summed E-state index contributed by atoms with van der Waals surface area (Å²) in [4.78, 5) is 4.21. The van der Waals surface area contributed by atoms with Crippen molar-refractivity contribution in [2.45, 2.75) is 58.8 Å². The molecular weight excluding hydrogens is 244 g/mol. The van der Waals surface area contributed by atoms with Gasteiger partial charge in [0.2, 0.25) is 0 Å². The highest BCUT2D eigenvalue weighted by Crippen LogP contribution is 2.38. The van der Waals surface area contributed by atoms with Gasteiger partial charge in [-0.25, -0.2) is 4.98 Å². The molecule has 0 unspecified atom stereocenters. The van der Waals surface area contributed by atoms with Gasteiger partial charge in [-0.3, -0.25) is 0 Å². The maximum absolute atomic E-state index is 4.21. The number of aromatic nitrogens is 2. The van der Waals surface area contributed by atoms with Crippen molar-refractivity contribution in [1.29, 1.82) is 0 Å². The molecule has 3 rings (SSSR count). The Kier molecular flexibility index (Phi) is 3.64. The van der Waals surface area contributed by atoms with Crippen LogP contribution in [-0.4, -0.2) is 9.55 Å². The van der Waals surface area contributed by atoms with E-state index in [0.29, 0.717) is 0 Å². The number of nitrogens with zero attached hydrogens (tertiary/aromatic N) is 2. The fourth-order valence-electron chi connectivity index (χ4n) is 4.00. The molecule has 2 nitrogen and oxygen atoms in total. The van der Waals surface area contributed by atoms with Crippen LogP contribution >= 0.6 is 0 Å². The minimum atomic E-state index is 0.756. The third-order valence-corrected chi connectivity index (χ3v) is 4.77. The molecule has 0 radical (unpaired) electrons. The van der Waals surface area contributed by atoms with Crippen molar-refractivity contribution >= 4 is 0 Å². The van der Waals surface area contributed by atoms with Gasteiger partial charge >= 0.3 is 0 Å². The monoisotopic (exact) mass is 268 g/mol. The molecule has 1 aromatic heterocycles. The van der Waals surface area contributed by atoms with Crippen molar-refractivity contribution < 1.29 is 0 Å². The first-order valence-electron chi connectivity index (χ1n) is 7.77. The summed E-state index contributed by atoms with van der Waals surface area (Å²) < 4.78 is 2.16. The average molecular weight is 268 g/mol. The van der Waals surface area contributed by atoms with Gasteiger partial charge in [-0.05, 0) is 61.8 Å². The molecule has 0 N–H and O–H groups in total.